The molecule has 2 N–H and O–H groups in total. The van der Waals surface area contributed by atoms with Crippen molar-refractivity contribution in [1.29, 1.82) is 0 Å². The molecule has 0 spiro atoms. The Labute approximate surface area is 285 Å². The van der Waals surface area contributed by atoms with E-state index in [4.69, 9.17) is 0 Å². The summed E-state index contributed by atoms with van der Waals surface area (Å²) in [5.41, 5.74) is 1.52. The van der Waals surface area contributed by atoms with Crippen molar-refractivity contribution < 1.29 is 22.7 Å². The highest BCUT2D eigenvalue weighted by molar-refractivity contribution is 5.83. The van der Waals surface area contributed by atoms with Crippen LogP contribution in [0.15, 0.2) is 70.5 Å². The summed E-state index contributed by atoms with van der Waals surface area (Å²) in [6.07, 6.45) is 0.0233. The van der Waals surface area contributed by atoms with Gasteiger partial charge in [-0.2, -0.15) is 28.1 Å². The van der Waals surface area contributed by atoms with Crippen LogP contribution in [0.3, 0.4) is 0 Å². The van der Waals surface area contributed by atoms with Crippen LogP contribution >= 0.6 is 0 Å². The van der Waals surface area contributed by atoms with Gasteiger partial charge in [0.2, 0.25) is 0 Å². The highest BCUT2D eigenvalue weighted by Crippen LogP contribution is 2.32. The van der Waals surface area contributed by atoms with Gasteiger partial charge in [0, 0.05) is 29.8 Å². The third kappa shape index (κ3) is 7.17. The fourth-order valence-corrected chi connectivity index (χ4v) is 6.38. The van der Waals surface area contributed by atoms with Crippen molar-refractivity contribution in [3.05, 3.63) is 104 Å². The van der Waals surface area contributed by atoms with Crippen LogP contribution in [0.25, 0.3) is 27.7 Å². The van der Waals surface area contributed by atoms with Gasteiger partial charge in [0.25, 0.3) is 11.1 Å². The molecule has 1 saturated heterocycles. The number of aromatic nitrogens is 5. The molecule has 1 aliphatic rings. The standard InChI is InChI=1S/C36H37F4N7O3/c1-35(2,3)24-14-23-18-42-47(34(50)32(23)27(37)15-24)30-7-5-6-25(26(30)19-48)28-16-29(33(49)45(4)44-28)43-31-9-8-22(17-41-31)21-10-12-46(13-11-21)20-36(38,39)40/h5-9,14-18,21,48H,10-13,19-20H2,1-4H3,(H,41,43). The number of aliphatic hydroxyl groups is 1. The minimum atomic E-state index is -4.22. The molecule has 50 heavy (non-hydrogen) atoms. The van der Waals surface area contributed by atoms with E-state index in [-0.39, 0.29) is 33.7 Å². The Morgan fingerprint density at radius 1 is 0.980 bits per heavy atom. The lowest BCUT2D eigenvalue weighted by Crippen LogP contribution is -2.39. The van der Waals surface area contributed by atoms with Crippen molar-refractivity contribution in [2.24, 2.45) is 7.05 Å². The molecule has 0 atom stereocenters. The molecule has 4 heterocycles. The van der Waals surface area contributed by atoms with E-state index in [1.165, 1.54) is 30.3 Å². The number of benzene rings is 2. The lowest BCUT2D eigenvalue weighted by Gasteiger charge is -2.32. The molecule has 1 fully saturated rings. The van der Waals surface area contributed by atoms with Crippen LogP contribution in [0.4, 0.5) is 29.1 Å². The summed E-state index contributed by atoms with van der Waals surface area (Å²) >= 11 is 0. The second-order valence-corrected chi connectivity index (χ2v) is 13.6. The Hall–Kier alpha value is -4.95. The molecule has 0 aliphatic carbocycles. The molecule has 0 saturated carbocycles. The van der Waals surface area contributed by atoms with E-state index in [1.807, 2.05) is 26.8 Å². The third-order valence-electron chi connectivity index (χ3n) is 9.09. The monoisotopic (exact) mass is 691 g/mol. The summed E-state index contributed by atoms with van der Waals surface area (Å²) in [6.45, 7) is 5.10. The number of aryl methyl sites for hydroxylation is 1. The number of aliphatic hydroxyl groups excluding tert-OH is 1. The zero-order valence-electron chi connectivity index (χ0n) is 28.1. The van der Waals surface area contributed by atoms with Gasteiger partial charge in [-0.3, -0.25) is 14.5 Å². The van der Waals surface area contributed by atoms with Crippen LogP contribution in [-0.4, -0.2) is 60.4 Å². The number of anilines is 2. The van der Waals surface area contributed by atoms with Crippen molar-refractivity contribution in [3.8, 4) is 16.9 Å². The molecule has 262 valence electrons. The summed E-state index contributed by atoms with van der Waals surface area (Å²) in [4.78, 5) is 32.6. The molecule has 0 amide bonds. The lowest BCUT2D eigenvalue weighted by atomic mass is 9.86. The highest BCUT2D eigenvalue weighted by Gasteiger charge is 2.33. The number of fused-ring (bicyclic) bond motifs is 1. The molecule has 0 radical (unpaired) electrons. The molecular formula is C36H37F4N7O3. The number of rotatable bonds is 7. The summed E-state index contributed by atoms with van der Waals surface area (Å²) in [7, 11) is 1.48. The van der Waals surface area contributed by atoms with Gasteiger partial charge in [0.1, 0.15) is 17.3 Å². The Kier molecular flexibility index (Phi) is 9.35. The fraction of sp³-hybridized carbons (Fsp3) is 0.361. The van der Waals surface area contributed by atoms with E-state index < -0.39 is 36.3 Å². The maximum atomic E-state index is 15.4. The van der Waals surface area contributed by atoms with Crippen LogP contribution in [0.1, 0.15) is 56.2 Å². The number of likely N-dealkylation sites (tertiary alicyclic amines) is 1. The molecule has 10 nitrogen and oxygen atoms in total. The molecule has 2 aromatic carbocycles. The maximum absolute atomic E-state index is 15.4. The van der Waals surface area contributed by atoms with Crippen LogP contribution in [0.5, 0.6) is 0 Å². The minimum Gasteiger partial charge on any atom is -0.392 e. The van der Waals surface area contributed by atoms with Gasteiger partial charge in [0.05, 0.1) is 36.1 Å². The Morgan fingerprint density at radius 2 is 1.72 bits per heavy atom. The van der Waals surface area contributed by atoms with Gasteiger partial charge < -0.3 is 10.4 Å². The van der Waals surface area contributed by atoms with Crippen molar-refractivity contribution in [2.45, 2.75) is 57.7 Å². The van der Waals surface area contributed by atoms with Gasteiger partial charge in [-0.15, -0.1) is 0 Å². The molecule has 5 aromatic rings. The molecule has 3 aromatic heterocycles. The average Bonchev–Trinajstić information content (AvgIpc) is 3.06. The number of nitrogens with zero attached hydrogens (tertiary/aromatic N) is 6. The third-order valence-corrected chi connectivity index (χ3v) is 9.09. The molecule has 0 unspecified atom stereocenters. The quantitative estimate of drug-likeness (QED) is 0.201. The van der Waals surface area contributed by atoms with Crippen LogP contribution in [0, 0.1) is 5.82 Å². The normalized spacial score (nSPS) is 14.7. The smallest absolute Gasteiger partial charge is 0.392 e. The molecule has 1 aliphatic heterocycles. The molecule has 0 bridgehead atoms. The number of halogens is 4. The largest absolute Gasteiger partial charge is 0.401 e. The topological polar surface area (TPSA) is 118 Å². The maximum Gasteiger partial charge on any atom is 0.401 e. The van der Waals surface area contributed by atoms with Crippen LogP contribution in [-0.2, 0) is 19.1 Å². The van der Waals surface area contributed by atoms with Gasteiger partial charge in [0.15, 0.2) is 0 Å². The van der Waals surface area contributed by atoms with Crippen molar-refractivity contribution in [3.63, 3.8) is 0 Å². The first-order chi connectivity index (χ1) is 23.6. The Balaban J connectivity index is 1.29. The van der Waals surface area contributed by atoms with E-state index >= 15 is 4.39 Å². The van der Waals surface area contributed by atoms with Gasteiger partial charge in [-0.25, -0.2) is 14.1 Å². The number of hydrogen-bond acceptors (Lipinski definition) is 8. The van der Waals surface area contributed by atoms with Crippen LogP contribution < -0.4 is 16.4 Å². The predicted molar refractivity (Wildman–Crippen MR) is 182 cm³/mol. The zero-order chi connectivity index (χ0) is 36.0. The van der Waals surface area contributed by atoms with Crippen molar-refractivity contribution >= 4 is 22.3 Å². The van der Waals surface area contributed by atoms with Crippen molar-refractivity contribution in [1.82, 2.24) is 29.4 Å². The van der Waals surface area contributed by atoms with E-state index in [0.29, 0.717) is 48.4 Å². The first kappa shape index (κ1) is 34.9. The molecule has 14 heteroatoms. The zero-order valence-corrected chi connectivity index (χ0v) is 28.1. The number of nitrogens with one attached hydrogen (secondary N) is 1. The van der Waals surface area contributed by atoms with E-state index in [1.54, 1.807) is 36.5 Å². The van der Waals surface area contributed by atoms with Gasteiger partial charge in [-0.1, -0.05) is 39.0 Å². The van der Waals surface area contributed by atoms with Crippen LogP contribution in [0.2, 0.25) is 0 Å². The SMILES string of the molecule is Cn1nc(-c2cccc(-n3ncc4cc(C(C)(C)C)cc(F)c4c3=O)c2CO)cc(Nc2ccc(C3CCN(CC(F)(F)F)CC3)cn2)c1=O. The first-order valence-electron chi connectivity index (χ1n) is 16.2. The van der Waals surface area contributed by atoms with E-state index in [0.717, 1.165) is 20.5 Å². The Bertz CT molecular complexity index is 2170. The summed E-state index contributed by atoms with van der Waals surface area (Å²) in [5.74, 6) is -0.219. The molecule has 6 rings (SSSR count). The second kappa shape index (κ2) is 13.4. The van der Waals surface area contributed by atoms with E-state index in [2.05, 4.69) is 20.5 Å². The average molecular weight is 692 g/mol. The summed E-state index contributed by atoms with van der Waals surface area (Å²) in [5, 5.41) is 22.5. The van der Waals surface area contributed by atoms with E-state index in [9.17, 15) is 27.9 Å². The lowest BCUT2D eigenvalue weighted by molar-refractivity contribution is -0.147. The van der Waals surface area contributed by atoms with Crippen molar-refractivity contribution in [2.75, 3.05) is 25.0 Å². The fourth-order valence-electron chi connectivity index (χ4n) is 6.38. The predicted octanol–water partition coefficient (Wildman–Crippen LogP) is 5.96. The number of hydrogen-bond donors (Lipinski definition) is 2. The second-order valence-electron chi connectivity index (χ2n) is 13.6. The van der Waals surface area contributed by atoms with Gasteiger partial charge >= 0.3 is 6.18 Å². The number of pyridine rings is 1. The highest BCUT2D eigenvalue weighted by atomic mass is 19.4. The number of piperidine rings is 1. The first-order valence-corrected chi connectivity index (χ1v) is 16.2. The minimum absolute atomic E-state index is 0.0765. The summed E-state index contributed by atoms with van der Waals surface area (Å²) < 4.78 is 55.9. The molecular weight excluding hydrogens is 654 g/mol. The van der Waals surface area contributed by atoms with Gasteiger partial charge in [-0.05, 0) is 78.7 Å². The Morgan fingerprint density at radius 3 is 2.36 bits per heavy atom. The summed E-state index contributed by atoms with van der Waals surface area (Å²) in [6, 6.07) is 13.1. The number of alkyl halides is 3.